The lowest BCUT2D eigenvalue weighted by Gasteiger charge is -2.10. The third-order valence-electron chi connectivity index (χ3n) is 19.3. The maximum atomic E-state index is 2.26. The van der Waals surface area contributed by atoms with E-state index in [1.54, 1.807) is 0 Å². The van der Waals surface area contributed by atoms with Crippen LogP contribution in [0.3, 0.4) is 0 Å². The molecule has 0 aliphatic heterocycles. The maximum Gasteiger partial charge on any atom is 0.215 e. The summed E-state index contributed by atoms with van der Waals surface area (Å²) in [5.74, 6) is 0.576. The number of aryl methyl sites for hydroxylation is 19. The minimum atomic E-state index is 0.576. The van der Waals surface area contributed by atoms with Crippen LogP contribution in [-0.4, -0.2) is 0 Å². The van der Waals surface area contributed by atoms with Crippen molar-refractivity contribution in [3.8, 4) is 67.5 Å². The van der Waals surface area contributed by atoms with Gasteiger partial charge < -0.3 is 0 Å². The third kappa shape index (κ3) is 19.1. The molecular weight excluding hydrogens is 1190 g/mol. The summed E-state index contributed by atoms with van der Waals surface area (Å²) in [6.45, 7) is 39.2. The van der Waals surface area contributed by atoms with Gasteiger partial charge in [-0.2, -0.15) is 0 Å². The number of pyridine rings is 6. The predicted molar refractivity (Wildman–Crippen MR) is 413 cm³/mol. The Balaban J connectivity index is 0.000000166. The van der Waals surface area contributed by atoms with Crippen LogP contribution < -0.4 is 27.4 Å². The Bertz CT molecular complexity index is 4690. The number of rotatable bonds is 8. The molecule has 6 aromatic carbocycles. The van der Waals surface area contributed by atoms with Gasteiger partial charge in [0.25, 0.3) is 0 Å². The summed E-state index contributed by atoms with van der Waals surface area (Å²) in [5, 5.41) is 0. The molecule has 0 amide bonds. The quantitative estimate of drug-likeness (QED) is 0.135. The summed E-state index contributed by atoms with van der Waals surface area (Å²) < 4.78 is 13.3. The molecule has 6 heteroatoms. The highest BCUT2D eigenvalue weighted by molar-refractivity contribution is 5.68. The van der Waals surface area contributed by atoms with Crippen LogP contribution in [0.15, 0.2) is 225 Å². The molecule has 0 unspecified atom stereocenters. The molecule has 6 nitrogen and oxygen atoms in total. The number of hydrogen-bond acceptors (Lipinski definition) is 0. The van der Waals surface area contributed by atoms with Crippen molar-refractivity contribution in [1.29, 1.82) is 0 Å². The van der Waals surface area contributed by atoms with E-state index in [2.05, 4.69) is 420 Å². The lowest BCUT2D eigenvalue weighted by molar-refractivity contribution is -0.661. The van der Waals surface area contributed by atoms with Crippen molar-refractivity contribution in [1.82, 2.24) is 0 Å². The van der Waals surface area contributed by atoms with Gasteiger partial charge in [-0.15, -0.1) is 0 Å². The molecule has 0 saturated carbocycles. The minimum Gasteiger partial charge on any atom is -0.201 e. The van der Waals surface area contributed by atoms with Crippen LogP contribution in [0.4, 0.5) is 0 Å². The molecule has 98 heavy (non-hydrogen) atoms. The van der Waals surface area contributed by atoms with E-state index in [0.29, 0.717) is 5.92 Å². The normalized spacial score (nSPS) is 10.6. The Hall–Kier alpha value is -9.78. The molecule has 0 N–H and O–H groups in total. The minimum absolute atomic E-state index is 0.576. The van der Waals surface area contributed by atoms with Gasteiger partial charge in [0.1, 0.15) is 42.3 Å². The SMILES string of the molecule is CCc1ccc(-c2ccccc2C)[n+](C)c1.Cc1cc(-c2ccccc2C)[n+](C)cc1C.Cc1cc(C)c(-c2ccccc2C)[n+](C)c1.Cc1ccccc1-c1c(C)c(C)c(C)c[n+]1C.Cc1ccccc1-c1c(C)c(C)cc[n+]1C.Cc1ccccc1-c1ccc(C(C)C)c[n+]1C. The van der Waals surface area contributed by atoms with Gasteiger partial charge in [-0.25, -0.2) is 27.4 Å². The molecular formula is C92H112N6+6. The molecule has 6 aromatic heterocycles. The van der Waals surface area contributed by atoms with Gasteiger partial charge >= 0.3 is 0 Å². The van der Waals surface area contributed by atoms with Crippen molar-refractivity contribution in [3.63, 3.8) is 0 Å². The molecule has 504 valence electrons. The molecule has 0 fully saturated rings. The van der Waals surface area contributed by atoms with Gasteiger partial charge in [0.05, 0.1) is 0 Å². The summed E-state index contributed by atoms with van der Waals surface area (Å²) in [4.78, 5) is 0. The first kappa shape index (κ1) is 75.6. The molecule has 0 radical (unpaired) electrons. The van der Waals surface area contributed by atoms with Crippen LogP contribution in [0.2, 0.25) is 0 Å². The number of hydrogen-bond donors (Lipinski definition) is 0. The molecule has 0 spiro atoms. The summed E-state index contributed by atoms with van der Waals surface area (Å²) >= 11 is 0. The van der Waals surface area contributed by atoms with Crippen LogP contribution in [0.5, 0.6) is 0 Å². The van der Waals surface area contributed by atoms with Gasteiger partial charge in [-0.05, 0) is 221 Å². The summed E-state index contributed by atoms with van der Waals surface area (Å²) in [6.07, 6.45) is 14.2. The van der Waals surface area contributed by atoms with Crippen molar-refractivity contribution in [2.75, 3.05) is 0 Å². The standard InChI is InChI=1S/2C16H20N.4C15H18N/c1-11-8-6-7-9-15(11)16-14(4)13(3)12(2)10-17(16)5;1-12(2)14-9-10-16(17(4)11-14)15-8-6-5-7-13(15)3;1-11-9-13(3)15(16(4)10-11)14-8-6-5-7-12(14)2;1-11-7-5-6-8-14(11)15-9-12(2)13(3)10-16(15)4;1-11-9-10-16(4)15(13(11)3)14-8-6-5-7-12(14)2;1-4-13-9-10-15(16(3)11-13)14-8-6-5-7-12(14)2/h6-10H,1-5H3;5-12H,1-4H3;3*5-10H,1-4H3;5-11H,4H2,1-3H3/q6*+1. The molecule has 0 atom stereocenters. The van der Waals surface area contributed by atoms with E-state index >= 15 is 0 Å². The second-order valence-electron chi connectivity index (χ2n) is 27.3. The highest BCUT2D eigenvalue weighted by Gasteiger charge is 2.21. The van der Waals surface area contributed by atoms with Gasteiger partial charge in [-0.3, -0.25) is 0 Å². The molecule has 6 heterocycles. The van der Waals surface area contributed by atoms with Gasteiger partial charge in [0, 0.05) is 102 Å². The van der Waals surface area contributed by atoms with E-state index in [-0.39, 0.29) is 0 Å². The first-order valence-electron chi connectivity index (χ1n) is 34.8. The molecule has 12 aromatic rings. The molecule has 0 aliphatic rings. The van der Waals surface area contributed by atoms with Crippen LogP contribution >= 0.6 is 0 Å². The third-order valence-corrected chi connectivity index (χ3v) is 19.3. The second kappa shape index (κ2) is 34.9. The average Bonchev–Trinajstić information content (AvgIpc) is 0.829. The molecule has 0 aliphatic carbocycles. The molecule has 12 rings (SSSR count). The van der Waals surface area contributed by atoms with Crippen LogP contribution in [-0.2, 0) is 48.7 Å². The first-order valence-corrected chi connectivity index (χ1v) is 34.8. The monoisotopic (exact) mass is 1300 g/mol. The van der Waals surface area contributed by atoms with Gasteiger partial charge in [0.2, 0.25) is 34.2 Å². The van der Waals surface area contributed by atoms with Crippen molar-refractivity contribution >= 4 is 0 Å². The average molecular weight is 1300 g/mol. The fourth-order valence-corrected chi connectivity index (χ4v) is 13.0. The van der Waals surface area contributed by atoms with Gasteiger partial charge in [-0.1, -0.05) is 130 Å². The molecule has 0 bridgehead atoms. The zero-order valence-electron chi connectivity index (χ0n) is 63.8. The van der Waals surface area contributed by atoms with E-state index < -0.39 is 0 Å². The van der Waals surface area contributed by atoms with E-state index in [1.807, 2.05) is 0 Å². The van der Waals surface area contributed by atoms with E-state index in [9.17, 15) is 0 Å². The Morgan fingerprint density at radius 2 is 0.643 bits per heavy atom. The Morgan fingerprint density at radius 3 is 1.06 bits per heavy atom. The predicted octanol–water partition coefficient (Wildman–Crippen LogP) is 19.4. The Morgan fingerprint density at radius 1 is 0.265 bits per heavy atom. The number of benzene rings is 6. The van der Waals surface area contributed by atoms with Crippen LogP contribution in [0.1, 0.15) is 121 Å². The van der Waals surface area contributed by atoms with Gasteiger partial charge in [0.15, 0.2) is 37.2 Å². The van der Waals surface area contributed by atoms with E-state index in [0.717, 1.165) is 6.42 Å². The topological polar surface area (TPSA) is 23.3 Å². The van der Waals surface area contributed by atoms with E-state index in [4.69, 9.17) is 0 Å². The highest BCUT2D eigenvalue weighted by Crippen LogP contribution is 2.29. The van der Waals surface area contributed by atoms with E-state index in [1.165, 1.54) is 162 Å². The van der Waals surface area contributed by atoms with Crippen molar-refractivity contribution in [2.24, 2.45) is 42.3 Å². The summed E-state index contributed by atoms with van der Waals surface area (Å²) in [7, 11) is 12.7. The van der Waals surface area contributed by atoms with Crippen molar-refractivity contribution < 1.29 is 27.4 Å². The zero-order chi connectivity index (χ0) is 71.7. The summed E-state index contributed by atoms with van der Waals surface area (Å²) in [5.41, 5.74) is 38.5. The number of nitrogens with zero attached hydrogens (tertiary/aromatic N) is 6. The fraction of sp³-hybridized carbons (Fsp3) is 0.283. The highest BCUT2D eigenvalue weighted by atomic mass is 14.9. The fourth-order valence-electron chi connectivity index (χ4n) is 13.0. The number of aromatic nitrogens is 6. The summed E-state index contributed by atoms with van der Waals surface area (Å²) in [6, 6.07) is 66.7. The van der Waals surface area contributed by atoms with Crippen molar-refractivity contribution in [3.05, 3.63) is 320 Å². The molecule has 0 saturated heterocycles. The van der Waals surface area contributed by atoms with Crippen molar-refractivity contribution in [2.45, 2.75) is 137 Å². The largest absolute Gasteiger partial charge is 0.215 e. The second-order valence-corrected chi connectivity index (χ2v) is 27.3. The Labute approximate surface area is 590 Å². The van der Waals surface area contributed by atoms with Crippen LogP contribution in [0, 0.1) is 104 Å². The smallest absolute Gasteiger partial charge is 0.201 e. The lowest BCUT2D eigenvalue weighted by Crippen LogP contribution is -2.33. The maximum absolute atomic E-state index is 2.26. The Kier molecular flexibility index (Phi) is 27.0. The zero-order valence-corrected chi connectivity index (χ0v) is 63.8. The first-order chi connectivity index (χ1) is 46.6. The lowest BCUT2D eigenvalue weighted by atomic mass is 9.97. The van der Waals surface area contributed by atoms with Crippen LogP contribution in [0.25, 0.3) is 67.5 Å².